The second kappa shape index (κ2) is 6.88. The minimum absolute atomic E-state index is 0.381. The molecule has 30 heavy (non-hydrogen) atoms. The Morgan fingerprint density at radius 2 is 1.97 bits per heavy atom. The molecule has 1 aromatic heterocycles. The number of anilines is 1. The molecule has 0 unspecified atom stereocenters. The van der Waals surface area contributed by atoms with Crippen molar-refractivity contribution in [3.8, 4) is 0 Å². The Labute approximate surface area is 176 Å². The molecule has 152 valence electrons. The molecule has 1 saturated carbocycles. The van der Waals surface area contributed by atoms with Crippen molar-refractivity contribution in [1.82, 2.24) is 20.4 Å². The fourth-order valence-corrected chi connectivity index (χ4v) is 4.55. The Hall–Kier alpha value is -3.33. The van der Waals surface area contributed by atoms with Crippen LogP contribution in [0, 0.1) is 0 Å². The minimum Gasteiger partial charge on any atom is -0.319 e. The van der Waals surface area contributed by atoms with Crippen LogP contribution in [0.25, 0.3) is 10.8 Å². The number of imide groups is 1. The van der Waals surface area contributed by atoms with Crippen LogP contribution in [0.3, 0.4) is 0 Å². The van der Waals surface area contributed by atoms with Gasteiger partial charge in [-0.2, -0.15) is 0 Å². The SMILES string of the molecule is C[C@]1(c2ccc3ccccc3c2)NC(=O)N(CC(=O)Nc2nnc(C3CC3)s2)C1=O. The molecule has 2 heterocycles. The van der Waals surface area contributed by atoms with Crippen LogP contribution in [0.4, 0.5) is 9.93 Å². The molecule has 1 aliphatic carbocycles. The predicted octanol–water partition coefficient (Wildman–Crippen LogP) is 2.97. The lowest BCUT2D eigenvalue weighted by Crippen LogP contribution is -2.42. The molecule has 1 aliphatic heterocycles. The highest BCUT2D eigenvalue weighted by molar-refractivity contribution is 7.15. The number of aromatic nitrogens is 2. The zero-order valence-electron chi connectivity index (χ0n) is 16.2. The van der Waals surface area contributed by atoms with Gasteiger partial charge in [0, 0.05) is 5.92 Å². The summed E-state index contributed by atoms with van der Waals surface area (Å²) in [6.45, 7) is 1.27. The Morgan fingerprint density at radius 3 is 2.73 bits per heavy atom. The Bertz CT molecular complexity index is 1190. The van der Waals surface area contributed by atoms with Gasteiger partial charge in [-0.15, -0.1) is 10.2 Å². The number of nitrogens with one attached hydrogen (secondary N) is 2. The molecule has 1 saturated heterocycles. The monoisotopic (exact) mass is 421 g/mol. The number of fused-ring (bicyclic) bond motifs is 1. The van der Waals surface area contributed by atoms with Crippen molar-refractivity contribution in [3.63, 3.8) is 0 Å². The van der Waals surface area contributed by atoms with E-state index in [1.165, 1.54) is 11.3 Å². The lowest BCUT2D eigenvalue weighted by molar-refractivity contribution is -0.133. The van der Waals surface area contributed by atoms with Gasteiger partial charge < -0.3 is 5.32 Å². The number of benzene rings is 2. The van der Waals surface area contributed by atoms with Crippen LogP contribution in [0.2, 0.25) is 0 Å². The van der Waals surface area contributed by atoms with E-state index in [-0.39, 0.29) is 6.54 Å². The summed E-state index contributed by atoms with van der Waals surface area (Å²) in [5, 5.41) is 16.7. The van der Waals surface area contributed by atoms with Crippen molar-refractivity contribution in [2.45, 2.75) is 31.2 Å². The number of carbonyl (C=O) groups is 3. The van der Waals surface area contributed by atoms with Crippen LogP contribution >= 0.6 is 11.3 Å². The molecule has 0 spiro atoms. The predicted molar refractivity (Wildman–Crippen MR) is 112 cm³/mol. The van der Waals surface area contributed by atoms with E-state index in [1.807, 2.05) is 42.5 Å². The summed E-state index contributed by atoms with van der Waals surface area (Å²) in [7, 11) is 0. The molecular weight excluding hydrogens is 402 g/mol. The van der Waals surface area contributed by atoms with E-state index >= 15 is 0 Å². The molecule has 5 rings (SSSR count). The van der Waals surface area contributed by atoms with Gasteiger partial charge in [-0.1, -0.05) is 47.7 Å². The van der Waals surface area contributed by atoms with Gasteiger partial charge in [0.05, 0.1) is 0 Å². The Balaban J connectivity index is 1.32. The van der Waals surface area contributed by atoms with Crippen molar-refractivity contribution in [2.24, 2.45) is 0 Å². The topological polar surface area (TPSA) is 104 Å². The third-order valence-electron chi connectivity index (χ3n) is 5.52. The van der Waals surface area contributed by atoms with E-state index in [2.05, 4.69) is 20.8 Å². The molecule has 0 bridgehead atoms. The second-order valence-electron chi connectivity index (χ2n) is 7.78. The van der Waals surface area contributed by atoms with E-state index in [0.29, 0.717) is 16.6 Å². The molecule has 2 aromatic carbocycles. The first-order valence-electron chi connectivity index (χ1n) is 9.71. The standard InChI is InChI=1S/C21H19N5O3S/c1-21(15-9-8-12-4-2-3-5-14(12)10-15)18(28)26(20(29)23-21)11-16(27)22-19-25-24-17(30-19)13-6-7-13/h2-5,8-10,13H,6-7,11H2,1H3,(H,23,29)(H,22,25,27)/t21-/m1/s1. The average Bonchev–Trinajstić information content (AvgIpc) is 3.45. The molecule has 4 amide bonds. The van der Waals surface area contributed by atoms with Crippen LogP contribution in [0.5, 0.6) is 0 Å². The first kappa shape index (κ1) is 18.7. The van der Waals surface area contributed by atoms with Crippen molar-refractivity contribution in [1.29, 1.82) is 0 Å². The van der Waals surface area contributed by atoms with Gasteiger partial charge in [-0.3, -0.25) is 19.8 Å². The van der Waals surface area contributed by atoms with E-state index in [1.54, 1.807) is 6.92 Å². The van der Waals surface area contributed by atoms with Crippen LogP contribution in [-0.4, -0.2) is 39.5 Å². The first-order chi connectivity index (χ1) is 14.4. The third kappa shape index (κ3) is 3.21. The lowest BCUT2D eigenvalue weighted by Gasteiger charge is -2.22. The number of carbonyl (C=O) groups excluding carboxylic acids is 3. The summed E-state index contributed by atoms with van der Waals surface area (Å²) in [4.78, 5) is 39.0. The fraction of sp³-hybridized carbons (Fsp3) is 0.286. The summed E-state index contributed by atoms with van der Waals surface area (Å²) in [6, 6.07) is 12.8. The van der Waals surface area contributed by atoms with Gasteiger partial charge >= 0.3 is 6.03 Å². The Morgan fingerprint density at radius 1 is 1.20 bits per heavy atom. The molecule has 2 fully saturated rings. The molecule has 2 N–H and O–H groups in total. The normalized spacial score (nSPS) is 21.2. The largest absolute Gasteiger partial charge is 0.325 e. The van der Waals surface area contributed by atoms with E-state index in [4.69, 9.17) is 0 Å². The molecular formula is C21H19N5O3S. The van der Waals surface area contributed by atoms with Gasteiger partial charge in [0.25, 0.3) is 5.91 Å². The van der Waals surface area contributed by atoms with Crippen LogP contribution in [0.15, 0.2) is 42.5 Å². The van der Waals surface area contributed by atoms with Crippen molar-refractivity contribution < 1.29 is 14.4 Å². The van der Waals surface area contributed by atoms with Gasteiger partial charge in [-0.05, 0) is 42.2 Å². The highest BCUT2D eigenvalue weighted by atomic mass is 32.1. The highest BCUT2D eigenvalue weighted by Gasteiger charge is 2.49. The van der Waals surface area contributed by atoms with Gasteiger partial charge in [-0.25, -0.2) is 4.79 Å². The van der Waals surface area contributed by atoms with Gasteiger partial charge in [0.1, 0.15) is 17.1 Å². The fourth-order valence-electron chi connectivity index (χ4n) is 3.62. The molecule has 0 radical (unpaired) electrons. The summed E-state index contributed by atoms with van der Waals surface area (Å²) in [6.07, 6.45) is 2.19. The van der Waals surface area contributed by atoms with Crippen molar-refractivity contribution >= 4 is 45.1 Å². The number of hydrogen-bond acceptors (Lipinski definition) is 6. The van der Waals surface area contributed by atoms with Gasteiger partial charge in [0.15, 0.2) is 0 Å². The maximum Gasteiger partial charge on any atom is 0.325 e. The Kier molecular flexibility index (Phi) is 4.28. The molecule has 2 aliphatic rings. The number of hydrogen-bond donors (Lipinski definition) is 2. The number of amides is 4. The van der Waals surface area contributed by atoms with Crippen molar-refractivity contribution in [3.05, 3.63) is 53.0 Å². The van der Waals surface area contributed by atoms with Crippen LogP contribution in [0.1, 0.15) is 36.3 Å². The lowest BCUT2D eigenvalue weighted by atomic mass is 9.90. The number of nitrogens with zero attached hydrogens (tertiary/aromatic N) is 3. The summed E-state index contributed by atoms with van der Waals surface area (Å²) < 4.78 is 0. The van der Waals surface area contributed by atoms with E-state index in [0.717, 1.165) is 33.5 Å². The average molecular weight is 421 g/mol. The number of urea groups is 1. The molecule has 9 heteroatoms. The maximum absolute atomic E-state index is 13.1. The molecule has 8 nitrogen and oxygen atoms in total. The van der Waals surface area contributed by atoms with Crippen LogP contribution in [-0.2, 0) is 15.1 Å². The minimum atomic E-state index is -1.23. The van der Waals surface area contributed by atoms with E-state index in [9.17, 15) is 14.4 Å². The highest BCUT2D eigenvalue weighted by Crippen LogP contribution is 2.42. The van der Waals surface area contributed by atoms with E-state index < -0.39 is 23.4 Å². The summed E-state index contributed by atoms with van der Waals surface area (Å²) in [5.41, 5.74) is -0.566. The summed E-state index contributed by atoms with van der Waals surface area (Å²) >= 11 is 1.33. The van der Waals surface area contributed by atoms with Crippen LogP contribution < -0.4 is 10.6 Å². The third-order valence-corrected chi connectivity index (χ3v) is 6.52. The molecule has 3 aromatic rings. The number of rotatable bonds is 5. The van der Waals surface area contributed by atoms with Crippen molar-refractivity contribution in [2.75, 3.05) is 11.9 Å². The smallest absolute Gasteiger partial charge is 0.319 e. The first-order valence-corrected chi connectivity index (χ1v) is 10.5. The zero-order valence-corrected chi connectivity index (χ0v) is 17.0. The quantitative estimate of drug-likeness (QED) is 0.617. The summed E-state index contributed by atoms with van der Waals surface area (Å²) in [5.74, 6) is -0.504. The maximum atomic E-state index is 13.1. The zero-order chi connectivity index (χ0) is 20.9. The van der Waals surface area contributed by atoms with Gasteiger partial charge in [0.2, 0.25) is 11.0 Å². The second-order valence-corrected chi connectivity index (χ2v) is 8.79. The molecule has 1 atom stereocenters.